The molecule has 110 valence electrons. The summed E-state index contributed by atoms with van der Waals surface area (Å²) < 4.78 is 5.38. The molecule has 2 amide bonds. The number of aliphatic carboxylic acids is 1. The van der Waals surface area contributed by atoms with Gasteiger partial charge in [0, 0.05) is 0 Å². The molecule has 0 aromatic carbocycles. The van der Waals surface area contributed by atoms with Crippen LogP contribution in [0.25, 0.3) is 0 Å². The van der Waals surface area contributed by atoms with Gasteiger partial charge in [-0.2, -0.15) is 0 Å². The first kappa shape index (κ1) is 13.5. The van der Waals surface area contributed by atoms with Crippen LogP contribution in [-0.2, 0) is 19.1 Å². The molecule has 3 rings (SSSR count). The van der Waals surface area contributed by atoms with Crippen LogP contribution in [0.3, 0.4) is 0 Å². The lowest BCUT2D eigenvalue weighted by molar-refractivity contribution is -0.150. The monoisotopic (exact) mass is 281 g/mol. The summed E-state index contributed by atoms with van der Waals surface area (Å²) in [6.07, 6.45) is 1.47. The molecule has 0 spiro atoms. The van der Waals surface area contributed by atoms with Gasteiger partial charge >= 0.3 is 5.97 Å². The number of rotatable bonds is 3. The molecule has 0 radical (unpaired) electrons. The highest BCUT2D eigenvalue weighted by Gasteiger charge is 2.52. The second kappa shape index (κ2) is 4.84. The topological polar surface area (TPSA) is 83.9 Å². The third kappa shape index (κ3) is 2.12. The smallest absolute Gasteiger partial charge is 0.332 e. The number of carbonyl (C=O) groups excluding carboxylic acids is 2. The molecule has 20 heavy (non-hydrogen) atoms. The van der Waals surface area contributed by atoms with Crippen LogP contribution in [0.15, 0.2) is 0 Å². The standard InChI is InChI=1S/C14H19NO5/c1-7-4-9-10(5-7)13(17)15(12(9)16)6-8-2-3-11(20-8)14(18)19/h7-11H,2-6H2,1H3,(H,18,19). The molecular formula is C14H19NO5. The van der Waals surface area contributed by atoms with E-state index in [9.17, 15) is 14.4 Å². The van der Waals surface area contributed by atoms with Crippen LogP contribution >= 0.6 is 0 Å². The van der Waals surface area contributed by atoms with Gasteiger partial charge in [0.1, 0.15) is 0 Å². The maximum atomic E-state index is 12.3. The Kier molecular flexibility index (Phi) is 3.28. The minimum atomic E-state index is -0.975. The first-order chi connectivity index (χ1) is 9.47. The van der Waals surface area contributed by atoms with Crippen molar-refractivity contribution in [3.05, 3.63) is 0 Å². The molecule has 0 aromatic heterocycles. The fraction of sp³-hybridized carbons (Fsp3) is 0.786. The molecule has 1 aliphatic carbocycles. The number of imide groups is 1. The van der Waals surface area contributed by atoms with Gasteiger partial charge in [0.25, 0.3) is 0 Å². The zero-order valence-corrected chi connectivity index (χ0v) is 11.4. The minimum absolute atomic E-state index is 0.0910. The minimum Gasteiger partial charge on any atom is -0.479 e. The molecule has 2 aliphatic heterocycles. The van der Waals surface area contributed by atoms with Crippen LogP contribution in [0.2, 0.25) is 0 Å². The van der Waals surface area contributed by atoms with E-state index in [1.165, 1.54) is 4.90 Å². The van der Waals surface area contributed by atoms with Crippen LogP contribution in [-0.4, -0.2) is 46.5 Å². The van der Waals surface area contributed by atoms with Gasteiger partial charge in [0.05, 0.1) is 24.5 Å². The van der Waals surface area contributed by atoms with Crippen LogP contribution in [0.4, 0.5) is 0 Å². The molecule has 2 saturated heterocycles. The highest BCUT2D eigenvalue weighted by molar-refractivity contribution is 6.05. The van der Waals surface area contributed by atoms with Gasteiger partial charge in [-0.25, -0.2) is 4.79 Å². The van der Waals surface area contributed by atoms with Crippen molar-refractivity contribution in [2.75, 3.05) is 6.54 Å². The zero-order chi connectivity index (χ0) is 14.4. The van der Waals surface area contributed by atoms with E-state index in [0.717, 1.165) is 12.8 Å². The van der Waals surface area contributed by atoms with Crippen molar-refractivity contribution < 1.29 is 24.2 Å². The second-order valence-electron chi connectivity index (χ2n) is 6.24. The Balaban J connectivity index is 1.63. The van der Waals surface area contributed by atoms with Crippen LogP contribution < -0.4 is 0 Å². The number of likely N-dealkylation sites (tertiary alicyclic amines) is 1. The molecule has 6 heteroatoms. The summed E-state index contributed by atoms with van der Waals surface area (Å²) in [5.41, 5.74) is 0. The van der Waals surface area contributed by atoms with Crippen molar-refractivity contribution in [2.24, 2.45) is 17.8 Å². The predicted molar refractivity (Wildman–Crippen MR) is 67.6 cm³/mol. The summed E-state index contributed by atoms with van der Waals surface area (Å²) in [5.74, 6) is -1.04. The van der Waals surface area contributed by atoms with Crippen molar-refractivity contribution in [3.63, 3.8) is 0 Å². The number of hydrogen-bond acceptors (Lipinski definition) is 4. The van der Waals surface area contributed by atoms with Gasteiger partial charge in [0.2, 0.25) is 11.8 Å². The van der Waals surface area contributed by atoms with E-state index in [1.807, 2.05) is 0 Å². The molecule has 1 N–H and O–H groups in total. The average Bonchev–Trinajstić information content (AvgIpc) is 3.04. The first-order valence-electron chi connectivity index (χ1n) is 7.21. The molecule has 2 heterocycles. The lowest BCUT2D eigenvalue weighted by Gasteiger charge is -2.20. The highest BCUT2D eigenvalue weighted by Crippen LogP contribution is 2.43. The molecular weight excluding hydrogens is 262 g/mol. The molecule has 1 saturated carbocycles. The predicted octanol–water partition coefficient (Wildman–Crippen LogP) is 0.650. The summed E-state index contributed by atoms with van der Waals surface area (Å²) >= 11 is 0. The Morgan fingerprint density at radius 3 is 2.35 bits per heavy atom. The third-order valence-corrected chi connectivity index (χ3v) is 4.73. The third-order valence-electron chi connectivity index (χ3n) is 4.73. The Bertz CT molecular complexity index is 438. The normalized spacial score (nSPS) is 40.5. The van der Waals surface area contributed by atoms with Crippen LogP contribution in [0.5, 0.6) is 0 Å². The SMILES string of the molecule is CC1CC2C(=O)N(CC3CCC(C(=O)O)O3)C(=O)C2C1. The van der Waals surface area contributed by atoms with Crippen molar-refractivity contribution in [2.45, 2.75) is 44.8 Å². The lowest BCUT2D eigenvalue weighted by atomic mass is 10.00. The maximum absolute atomic E-state index is 12.3. The lowest BCUT2D eigenvalue weighted by Crippen LogP contribution is -2.39. The van der Waals surface area contributed by atoms with Gasteiger partial charge in [-0.15, -0.1) is 0 Å². The zero-order valence-electron chi connectivity index (χ0n) is 11.4. The van der Waals surface area contributed by atoms with Crippen molar-refractivity contribution in [1.29, 1.82) is 0 Å². The summed E-state index contributed by atoms with van der Waals surface area (Å²) in [5, 5.41) is 8.88. The van der Waals surface area contributed by atoms with E-state index >= 15 is 0 Å². The summed E-state index contributed by atoms with van der Waals surface area (Å²) in [4.78, 5) is 36.7. The maximum Gasteiger partial charge on any atom is 0.332 e. The molecule has 4 unspecified atom stereocenters. The molecule has 6 nitrogen and oxygen atoms in total. The van der Waals surface area contributed by atoms with E-state index in [-0.39, 0.29) is 36.3 Å². The summed E-state index contributed by atoms with van der Waals surface area (Å²) in [7, 11) is 0. The van der Waals surface area contributed by atoms with Gasteiger partial charge in [0.15, 0.2) is 6.10 Å². The number of carbonyl (C=O) groups is 3. The Hall–Kier alpha value is -1.43. The fourth-order valence-electron chi connectivity index (χ4n) is 3.75. The van der Waals surface area contributed by atoms with E-state index in [2.05, 4.69) is 6.92 Å². The first-order valence-corrected chi connectivity index (χ1v) is 7.21. The number of hydrogen-bond donors (Lipinski definition) is 1. The Labute approximate surface area is 117 Å². The molecule has 0 bridgehead atoms. The van der Waals surface area contributed by atoms with E-state index in [0.29, 0.717) is 18.8 Å². The van der Waals surface area contributed by atoms with Crippen LogP contribution in [0.1, 0.15) is 32.6 Å². The van der Waals surface area contributed by atoms with Crippen molar-refractivity contribution in [1.82, 2.24) is 4.90 Å². The van der Waals surface area contributed by atoms with Gasteiger partial charge in [-0.05, 0) is 31.6 Å². The quantitative estimate of drug-likeness (QED) is 0.768. The largest absolute Gasteiger partial charge is 0.479 e. The summed E-state index contributed by atoms with van der Waals surface area (Å²) in [6.45, 7) is 2.28. The number of nitrogens with zero attached hydrogens (tertiary/aromatic N) is 1. The average molecular weight is 281 g/mol. The molecule has 3 fully saturated rings. The number of fused-ring (bicyclic) bond motifs is 1. The Morgan fingerprint density at radius 2 is 1.85 bits per heavy atom. The van der Waals surface area contributed by atoms with Gasteiger partial charge in [-0.1, -0.05) is 6.92 Å². The van der Waals surface area contributed by atoms with E-state index in [1.54, 1.807) is 0 Å². The van der Waals surface area contributed by atoms with Gasteiger partial charge in [-0.3, -0.25) is 14.5 Å². The highest BCUT2D eigenvalue weighted by atomic mass is 16.5. The number of carboxylic acid groups (broad SMARTS) is 1. The second-order valence-corrected chi connectivity index (χ2v) is 6.24. The molecule has 3 aliphatic rings. The fourth-order valence-corrected chi connectivity index (χ4v) is 3.75. The molecule has 0 aromatic rings. The van der Waals surface area contributed by atoms with Gasteiger partial charge < -0.3 is 9.84 Å². The number of ether oxygens (including phenoxy) is 1. The van der Waals surface area contributed by atoms with Crippen molar-refractivity contribution >= 4 is 17.8 Å². The van der Waals surface area contributed by atoms with E-state index < -0.39 is 12.1 Å². The Morgan fingerprint density at radius 1 is 1.25 bits per heavy atom. The molecule has 4 atom stereocenters. The van der Waals surface area contributed by atoms with Crippen LogP contribution in [0, 0.1) is 17.8 Å². The van der Waals surface area contributed by atoms with Crippen molar-refractivity contribution in [3.8, 4) is 0 Å². The summed E-state index contributed by atoms with van der Waals surface area (Å²) in [6, 6.07) is 0. The van der Waals surface area contributed by atoms with E-state index in [4.69, 9.17) is 9.84 Å². The number of amides is 2. The number of carboxylic acids is 1.